The molecule has 4 heterocycles. The van der Waals surface area contributed by atoms with Gasteiger partial charge in [0.1, 0.15) is 36.3 Å². The number of hydrogen-bond donors (Lipinski definition) is 5. The molecule has 17 heteroatoms. The Labute approximate surface area is 341 Å². The molecular weight excluding hydrogens is 763 g/mol. The molecule has 1 unspecified atom stereocenters. The number of azo groups is 1. The van der Waals surface area contributed by atoms with Gasteiger partial charge in [0.25, 0.3) is 0 Å². The number of benzene rings is 1. The van der Waals surface area contributed by atoms with Gasteiger partial charge in [-0.2, -0.15) is 10.2 Å². The number of aromatic nitrogens is 3. The number of aliphatic hydroxyl groups is 2. The number of aryl methyl sites for hydroxylation is 1. The Morgan fingerprint density at radius 1 is 1.07 bits per heavy atom. The van der Waals surface area contributed by atoms with E-state index in [1.54, 1.807) is 28.3 Å². The average Bonchev–Trinajstić information content (AvgIpc) is 3.95. The van der Waals surface area contributed by atoms with E-state index in [-0.39, 0.29) is 57.0 Å². The fourth-order valence-corrected chi connectivity index (χ4v) is 7.94. The molecule has 2 aromatic heterocycles. The van der Waals surface area contributed by atoms with Crippen molar-refractivity contribution in [3.63, 3.8) is 0 Å². The van der Waals surface area contributed by atoms with E-state index in [0.717, 1.165) is 51.2 Å². The van der Waals surface area contributed by atoms with Crippen LogP contribution in [0.5, 0.6) is 0 Å². The first kappa shape index (κ1) is 42.4. The van der Waals surface area contributed by atoms with Crippen molar-refractivity contribution in [2.24, 2.45) is 21.4 Å². The quantitative estimate of drug-likeness (QED) is 0.130. The van der Waals surface area contributed by atoms with Gasteiger partial charge < -0.3 is 41.0 Å². The van der Waals surface area contributed by atoms with E-state index in [9.17, 15) is 24.6 Å². The highest BCUT2D eigenvalue weighted by Gasteiger charge is 2.44. The van der Waals surface area contributed by atoms with Crippen molar-refractivity contribution in [3.8, 4) is 10.4 Å². The van der Waals surface area contributed by atoms with Gasteiger partial charge in [-0.3, -0.25) is 19.1 Å². The summed E-state index contributed by atoms with van der Waals surface area (Å²) in [4.78, 5) is 47.1. The maximum Gasteiger partial charge on any atom is 0.246 e. The summed E-state index contributed by atoms with van der Waals surface area (Å²) in [5.74, 6) is -0.743. The lowest BCUT2D eigenvalue weighted by Gasteiger charge is -2.35. The fraction of sp³-hybridized carbons (Fsp3) is 0.488. The molecule has 2 aliphatic heterocycles. The molecular formula is C41H53N9O7S. The molecule has 16 nitrogen and oxygen atoms in total. The number of amides is 3. The van der Waals surface area contributed by atoms with Gasteiger partial charge in [0.05, 0.1) is 54.7 Å². The Bertz CT molecular complexity index is 2060. The number of β-amino-alcohol motifs (C(OH)–C–C–N with tert-alkyl or cyclic N) is 1. The third-order valence-electron chi connectivity index (χ3n) is 10.3. The molecule has 1 fully saturated rings. The van der Waals surface area contributed by atoms with Crippen molar-refractivity contribution in [1.29, 1.82) is 0 Å². The number of likely N-dealkylation sites (tertiary alicyclic amines) is 1. The third-order valence-corrected chi connectivity index (χ3v) is 11.3. The molecule has 1 aliphatic carbocycles. The zero-order valence-corrected chi connectivity index (χ0v) is 34.2. The number of hydrogen-bond acceptors (Lipinski definition) is 13. The van der Waals surface area contributed by atoms with Gasteiger partial charge in [0, 0.05) is 48.8 Å². The second-order valence-corrected chi connectivity index (χ2v) is 16.6. The standard InChI is InChI=1S/C41H53N9O7S/c1-25-36(58-24-44-25)27-11-9-26(10-12-27)19-43-39(54)33-17-29(51)22-50(33)40(55)37(41(2,3)4)46-35(53)23-57-16-15-56-14-13-49-21-28(20-45-49)31-18-32(47-48-38(31)42)30-7-5-6-8-34(30)52/h7-12,20-21,24,29,32-33,37,51-52H,5-6,13-19,22-23,42H2,1-4H3,(H,43,54)(H,46,53)/t29-,32?,33+,37-/m1/s1. The van der Waals surface area contributed by atoms with Crippen LogP contribution in [0.15, 0.2) is 81.7 Å². The molecule has 3 amide bonds. The lowest BCUT2D eigenvalue weighted by molar-refractivity contribution is -0.144. The molecule has 4 atom stereocenters. The van der Waals surface area contributed by atoms with Crippen LogP contribution < -0.4 is 16.4 Å². The first-order valence-corrected chi connectivity index (χ1v) is 20.4. The van der Waals surface area contributed by atoms with Gasteiger partial charge in [-0.25, -0.2) is 4.98 Å². The van der Waals surface area contributed by atoms with Gasteiger partial charge in [-0.1, -0.05) is 51.1 Å². The van der Waals surface area contributed by atoms with Crippen molar-refractivity contribution < 1.29 is 34.1 Å². The summed E-state index contributed by atoms with van der Waals surface area (Å²) in [5, 5.41) is 39.4. The van der Waals surface area contributed by atoms with Crippen molar-refractivity contribution in [2.75, 3.05) is 33.0 Å². The summed E-state index contributed by atoms with van der Waals surface area (Å²) in [6.45, 7) is 8.58. The monoisotopic (exact) mass is 815 g/mol. The smallest absolute Gasteiger partial charge is 0.246 e. The molecule has 0 saturated carbocycles. The highest BCUT2D eigenvalue weighted by atomic mass is 32.1. The van der Waals surface area contributed by atoms with E-state index in [1.165, 1.54) is 4.90 Å². The second-order valence-electron chi connectivity index (χ2n) is 15.7. The SMILES string of the molecule is Cc1ncsc1-c1ccc(CNC(=O)[C@@H]2C[C@@H](O)CN2C(=O)[C@@H](NC(=O)COCCOCCn2cc(C3=C(N)N=NC(C4=CCCC=C4O)C3)cn2)C(C)(C)C)cc1. The number of nitrogens with zero attached hydrogens (tertiary/aromatic N) is 6. The normalized spacial score (nSPS) is 20.2. The number of nitrogens with two attached hydrogens (primary N) is 1. The predicted octanol–water partition coefficient (Wildman–Crippen LogP) is 4.17. The lowest BCUT2D eigenvalue weighted by atomic mass is 9.85. The second kappa shape index (κ2) is 19.0. The minimum absolute atomic E-state index is 0.0178. The Morgan fingerprint density at radius 3 is 2.55 bits per heavy atom. The predicted molar refractivity (Wildman–Crippen MR) is 218 cm³/mol. The maximum absolute atomic E-state index is 13.9. The molecule has 1 aromatic carbocycles. The zero-order valence-electron chi connectivity index (χ0n) is 33.4. The molecule has 1 saturated heterocycles. The van der Waals surface area contributed by atoms with Gasteiger partial charge in [-0.05, 0) is 42.4 Å². The van der Waals surface area contributed by atoms with E-state index in [2.05, 4.69) is 30.9 Å². The molecule has 3 aliphatic rings. The summed E-state index contributed by atoms with van der Waals surface area (Å²) in [6, 6.07) is 5.70. The number of thiazole rings is 1. The van der Waals surface area contributed by atoms with Crippen molar-refractivity contribution in [3.05, 3.63) is 88.3 Å². The molecule has 0 spiro atoms. The molecule has 0 radical (unpaired) electrons. The number of rotatable bonds is 16. The van der Waals surface area contributed by atoms with E-state index < -0.39 is 35.4 Å². The summed E-state index contributed by atoms with van der Waals surface area (Å²) in [7, 11) is 0. The van der Waals surface area contributed by atoms with E-state index >= 15 is 0 Å². The van der Waals surface area contributed by atoms with Crippen LogP contribution in [-0.2, 0) is 36.9 Å². The summed E-state index contributed by atoms with van der Waals surface area (Å²) >= 11 is 1.57. The van der Waals surface area contributed by atoms with Crippen LogP contribution in [0, 0.1) is 12.3 Å². The van der Waals surface area contributed by atoms with Crippen LogP contribution >= 0.6 is 11.3 Å². The summed E-state index contributed by atoms with van der Waals surface area (Å²) in [5.41, 5.74) is 12.6. The minimum Gasteiger partial charge on any atom is -0.508 e. The Morgan fingerprint density at radius 2 is 1.83 bits per heavy atom. The average molecular weight is 816 g/mol. The van der Waals surface area contributed by atoms with E-state index in [0.29, 0.717) is 25.4 Å². The molecule has 310 valence electrons. The van der Waals surface area contributed by atoms with Crippen LogP contribution in [0.4, 0.5) is 0 Å². The number of aliphatic hydroxyl groups excluding tert-OH is 2. The van der Waals surface area contributed by atoms with Gasteiger partial charge in [0.15, 0.2) is 0 Å². The molecule has 58 heavy (non-hydrogen) atoms. The lowest BCUT2D eigenvalue weighted by Crippen LogP contribution is -2.58. The van der Waals surface area contributed by atoms with Crippen molar-refractivity contribution in [2.45, 2.75) is 90.7 Å². The van der Waals surface area contributed by atoms with Gasteiger partial charge >= 0.3 is 0 Å². The Hall–Kier alpha value is -5.23. The first-order chi connectivity index (χ1) is 27.8. The fourth-order valence-electron chi connectivity index (χ4n) is 7.12. The third kappa shape index (κ3) is 10.6. The number of carbonyl (C=O) groups is 3. The molecule has 6 N–H and O–H groups in total. The summed E-state index contributed by atoms with van der Waals surface area (Å²) in [6.07, 6.45) is 8.74. The van der Waals surface area contributed by atoms with Crippen LogP contribution in [0.2, 0.25) is 0 Å². The number of carbonyl (C=O) groups excluding carboxylic acids is 3. The van der Waals surface area contributed by atoms with Crippen molar-refractivity contribution in [1.82, 2.24) is 30.3 Å². The Balaban J connectivity index is 0.918. The summed E-state index contributed by atoms with van der Waals surface area (Å²) < 4.78 is 13.0. The molecule has 0 bridgehead atoms. The van der Waals surface area contributed by atoms with Crippen LogP contribution in [0.25, 0.3) is 16.0 Å². The number of ether oxygens (including phenoxy) is 2. The van der Waals surface area contributed by atoms with Gasteiger partial charge in [0.2, 0.25) is 17.7 Å². The minimum atomic E-state index is -0.968. The largest absolute Gasteiger partial charge is 0.508 e. The topological polar surface area (TPSA) is 219 Å². The number of allylic oxidation sites excluding steroid dienone is 2. The van der Waals surface area contributed by atoms with E-state index in [4.69, 9.17) is 15.2 Å². The van der Waals surface area contributed by atoms with Crippen LogP contribution in [-0.4, -0.2) is 105 Å². The zero-order chi connectivity index (χ0) is 41.4. The van der Waals surface area contributed by atoms with E-state index in [1.807, 2.05) is 69.7 Å². The number of nitrogens with one attached hydrogen (secondary N) is 2. The van der Waals surface area contributed by atoms with Crippen LogP contribution in [0.3, 0.4) is 0 Å². The van der Waals surface area contributed by atoms with Crippen molar-refractivity contribution >= 4 is 34.6 Å². The molecule has 6 rings (SSSR count). The first-order valence-electron chi connectivity index (χ1n) is 19.5. The van der Waals surface area contributed by atoms with Gasteiger partial charge in [-0.15, -0.1) is 16.5 Å². The highest BCUT2D eigenvalue weighted by Crippen LogP contribution is 2.34. The highest BCUT2D eigenvalue weighted by molar-refractivity contribution is 7.13. The maximum atomic E-state index is 13.9. The Kier molecular flexibility index (Phi) is 13.9. The van der Waals surface area contributed by atoms with Crippen LogP contribution in [0.1, 0.15) is 63.3 Å². The molecule has 3 aromatic rings.